The first-order chi connectivity index (χ1) is 30.7. The summed E-state index contributed by atoms with van der Waals surface area (Å²) in [6.07, 6.45) is 10.1. The number of benzene rings is 3. The molecule has 328 valence electrons. The van der Waals surface area contributed by atoms with Gasteiger partial charge in [0.05, 0.1) is 50.8 Å². The van der Waals surface area contributed by atoms with Crippen molar-refractivity contribution in [1.29, 1.82) is 0 Å². The van der Waals surface area contributed by atoms with Crippen LogP contribution in [-0.2, 0) is 16.0 Å². The number of amides is 3. The van der Waals surface area contributed by atoms with Gasteiger partial charge in [0.15, 0.2) is 23.1 Å². The van der Waals surface area contributed by atoms with Crippen LogP contribution in [0, 0.1) is 23.6 Å². The van der Waals surface area contributed by atoms with Gasteiger partial charge in [-0.3, -0.25) is 14.4 Å². The molecule has 63 heavy (non-hydrogen) atoms. The minimum Gasteiger partial charge on any atom is -0.494 e. The number of fused-ring (bicyclic) bond motifs is 2. The molecule has 2 aliphatic carbocycles. The topological polar surface area (TPSA) is 161 Å². The molecule has 9 rings (SSSR count). The van der Waals surface area contributed by atoms with Crippen LogP contribution in [0.15, 0.2) is 78.3 Å². The Morgan fingerprint density at radius 3 is 2.33 bits per heavy atom. The third kappa shape index (κ3) is 8.52. The zero-order chi connectivity index (χ0) is 43.6. The first-order valence-corrected chi connectivity index (χ1v) is 21.8. The summed E-state index contributed by atoms with van der Waals surface area (Å²) in [6.45, 7) is 1.25. The van der Waals surface area contributed by atoms with E-state index in [1.807, 2.05) is 48.5 Å². The lowest BCUT2D eigenvalue weighted by Crippen LogP contribution is -2.55. The van der Waals surface area contributed by atoms with Gasteiger partial charge in [-0.15, -0.1) is 0 Å². The fourth-order valence-electron chi connectivity index (χ4n) is 9.33. The number of hydrazone groups is 1. The number of ether oxygens (including phenoxy) is 4. The summed E-state index contributed by atoms with van der Waals surface area (Å²) in [5, 5.41) is 9.81. The summed E-state index contributed by atoms with van der Waals surface area (Å²) in [4.78, 5) is 56.8. The zero-order valence-corrected chi connectivity index (χ0v) is 35.8. The molecule has 0 bridgehead atoms. The summed E-state index contributed by atoms with van der Waals surface area (Å²) >= 11 is 0. The van der Waals surface area contributed by atoms with E-state index in [1.54, 1.807) is 24.1 Å². The second kappa shape index (κ2) is 18.1. The van der Waals surface area contributed by atoms with Gasteiger partial charge in [0.25, 0.3) is 5.91 Å². The Kier molecular flexibility index (Phi) is 12.0. The number of carbonyl (C=O) groups excluding carboxylic acids is 3. The normalized spacial score (nSPS) is 19.6. The molecule has 3 amide bonds. The number of aromatic nitrogens is 3. The number of nitrogens with one attached hydrogen (secondary N) is 2. The number of hydrogen-bond donors (Lipinski definition) is 2. The molecular weight excluding hydrogens is 806 g/mol. The average molecular weight is 858 g/mol. The summed E-state index contributed by atoms with van der Waals surface area (Å²) in [5.41, 5.74) is 4.37. The molecule has 5 aromatic rings. The van der Waals surface area contributed by atoms with Gasteiger partial charge in [0.2, 0.25) is 11.8 Å². The van der Waals surface area contributed by atoms with E-state index in [9.17, 15) is 14.4 Å². The monoisotopic (exact) mass is 857 g/mol. The molecule has 4 aliphatic rings. The zero-order valence-electron chi connectivity index (χ0n) is 35.8. The number of methoxy groups -OCH3 is 3. The molecule has 0 radical (unpaired) electrons. The first-order valence-electron chi connectivity index (χ1n) is 21.8. The number of rotatable bonds is 14. The van der Waals surface area contributed by atoms with Crippen LogP contribution in [0.2, 0.25) is 0 Å². The number of carbonyl (C=O) groups is 3. The fraction of sp³-hybridized carbons (Fsp3) is 0.417. The molecule has 3 atom stereocenters. The van der Waals surface area contributed by atoms with Crippen LogP contribution in [0.5, 0.6) is 23.0 Å². The lowest BCUT2D eigenvalue weighted by Gasteiger charge is -2.43. The number of nitrogens with zero attached hydrogens (tertiary/aromatic N) is 5. The van der Waals surface area contributed by atoms with Gasteiger partial charge in [-0.1, -0.05) is 43.2 Å². The minimum absolute atomic E-state index is 0.0219. The summed E-state index contributed by atoms with van der Waals surface area (Å²) < 4.78 is 37.7. The first kappa shape index (κ1) is 41.8. The lowest BCUT2D eigenvalue weighted by atomic mass is 9.73. The molecule has 0 unspecified atom stereocenters. The van der Waals surface area contributed by atoms with E-state index < -0.39 is 17.8 Å². The molecule has 4 heterocycles. The fourth-order valence-corrected chi connectivity index (χ4v) is 9.33. The van der Waals surface area contributed by atoms with E-state index in [2.05, 4.69) is 20.3 Å². The molecule has 14 nitrogen and oxygen atoms in total. The van der Waals surface area contributed by atoms with Gasteiger partial charge in [-0.05, 0) is 74.3 Å². The van der Waals surface area contributed by atoms with E-state index in [-0.39, 0.29) is 47.4 Å². The van der Waals surface area contributed by atoms with Gasteiger partial charge >= 0.3 is 0 Å². The predicted octanol–water partition coefficient (Wildman–Crippen LogP) is 6.96. The van der Waals surface area contributed by atoms with E-state index in [0.29, 0.717) is 78.0 Å². The van der Waals surface area contributed by atoms with Crippen LogP contribution in [0.3, 0.4) is 0 Å². The third-order valence-electron chi connectivity index (χ3n) is 13.0. The maximum atomic E-state index is 15.2. The largest absolute Gasteiger partial charge is 0.494 e. The van der Waals surface area contributed by atoms with Gasteiger partial charge in [0.1, 0.15) is 29.3 Å². The van der Waals surface area contributed by atoms with E-state index in [0.717, 1.165) is 55.4 Å². The van der Waals surface area contributed by atoms with Crippen molar-refractivity contribution in [2.75, 3.05) is 41.0 Å². The Hall–Kier alpha value is -6.51. The quantitative estimate of drug-likeness (QED) is 0.120. The Bertz CT molecular complexity index is 2540. The molecule has 2 aromatic heterocycles. The van der Waals surface area contributed by atoms with E-state index in [1.165, 1.54) is 31.8 Å². The SMILES string of the molecule is COc1cc(OCC2CC2)c(-c2ncnc3c(C(=O)N[C@H](Cc4ccccc4)C(=O)N4CCC(N5N=C(c6ccc(OC)c(OC)c6)[C@H]6CCCC[C@H]6C5=O)CC4)c[nH]c23)cc1F. The Labute approximate surface area is 365 Å². The maximum absolute atomic E-state index is 15.2. The van der Waals surface area contributed by atoms with Gasteiger partial charge < -0.3 is 34.1 Å². The summed E-state index contributed by atoms with van der Waals surface area (Å²) in [5.74, 6) is 0.738. The molecule has 1 saturated heterocycles. The van der Waals surface area contributed by atoms with Gasteiger partial charge in [-0.2, -0.15) is 5.10 Å². The highest BCUT2D eigenvalue weighted by molar-refractivity contribution is 6.09. The number of likely N-dealkylation sites (tertiary alicyclic amines) is 1. The Morgan fingerprint density at radius 1 is 0.857 bits per heavy atom. The number of aromatic amines is 1. The molecule has 15 heteroatoms. The van der Waals surface area contributed by atoms with Gasteiger partial charge in [-0.25, -0.2) is 19.4 Å². The molecule has 0 spiro atoms. The van der Waals surface area contributed by atoms with Crippen molar-refractivity contribution in [3.63, 3.8) is 0 Å². The van der Waals surface area contributed by atoms with Crippen LogP contribution < -0.4 is 24.3 Å². The standard InChI is InChI=1S/C48H52FN7O7/c1-60-38-16-15-30(22-41(38)62-3)42-32-11-7-8-12-33(32)47(58)56(54-42)31-17-19-55(20-18-31)48(59)37(21-28-9-5-4-6-10-28)53-46(57)35-25-50-45-43(51-27-52-44(35)45)34-23-36(49)40(61-2)24-39(34)63-26-29-13-14-29/h4-6,9-10,15-16,22-25,27,29,31-33,37,50H,7-8,11-14,17-21,26H2,1-3H3,(H,53,57)/t32-,33+,37+/m0/s1. The smallest absolute Gasteiger partial charge is 0.255 e. The Balaban J connectivity index is 0.946. The molecule has 2 N–H and O–H groups in total. The van der Waals surface area contributed by atoms with Crippen LogP contribution in [0.1, 0.15) is 72.9 Å². The van der Waals surface area contributed by atoms with Crippen molar-refractivity contribution in [1.82, 2.24) is 30.2 Å². The highest BCUT2D eigenvalue weighted by atomic mass is 19.1. The van der Waals surface area contributed by atoms with Crippen molar-refractivity contribution in [3.05, 3.63) is 95.7 Å². The van der Waals surface area contributed by atoms with Crippen molar-refractivity contribution < 1.29 is 37.7 Å². The number of piperidine rings is 1. The minimum atomic E-state index is -0.907. The number of hydrogen-bond acceptors (Lipinski definition) is 10. The summed E-state index contributed by atoms with van der Waals surface area (Å²) in [7, 11) is 4.61. The average Bonchev–Trinajstić information content (AvgIpc) is 4.06. The van der Waals surface area contributed by atoms with Crippen molar-refractivity contribution >= 4 is 34.5 Å². The molecule has 3 fully saturated rings. The number of H-pyrrole nitrogens is 1. The maximum Gasteiger partial charge on any atom is 0.255 e. The molecule has 2 aliphatic heterocycles. The van der Waals surface area contributed by atoms with Crippen LogP contribution >= 0.6 is 0 Å². The highest BCUT2D eigenvalue weighted by Crippen LogP contribution is 2.42. The van der Waals surface area contributed by atoms with Crippen LogP contribution in [0.4, 0.5) is 4.39 Å². The second-order valence-electron chi connectivity index (χ2n) is 16.9. The van der Waals surface area contributed by atoms with Crippen LogP contribution in [-0.4, -0.2) is 101 Å². The third-order valence-corrected chi connectivity index (χ3v) is 13.0. The van der Waals surface area contributed by atoms with Crippen molar-refractivity contribution in [2.45, 2.75) is 69.9 Å². The van der Waals surface area contributed by atoms with Crippen LogP contribution in [0.25, 0.3) is 22.3 Å². The molecular formula is C48H52FN7O7. The lowest BCUT2D eigenvalue weighted by molar-refractivity contribution is -0.143. The predicted molar refractivity (Wildman–Crippen MR) is 233 cm³/mol. The molecule has 3 aromatic carbocycles. The summed E-state index contributed by atoms with van der Waals surface area (Å²) in [6, 6.07) is 17.1. The second-order valence-corrected chi connectivity index (χ2v) is 16.9. The highest BCUT2D eigenvalue weighted by Gasteiger charge is 2.44. The van der Waals surface area contributed by atoms with E-state index in [4.69, 9.17) is 24.0 Å². The number of halogens is 1. The molecule has 2 saturated carbocycles. The van der Waals surface area contributed by atoms with Crippen molar-refractivity contribution in [2.24, 2.45) is 22.9 Å². The van der Waals surface area contributed by atoms with Crippen molar-refractivity contribution in [3.8, 4) is 34.3 Å². The van der Waals surface area contributed by atoms with Gasteiger partial charge in [0, 0.05) is 54.7 Å². The van der Waals surface area contributed by atoms with E-state index >= 15 is 4.39 Å². The Morgan fingerprint density at radius 2 is 1.60 bits per heavy atom.